The highest BCUT2D eigenvalue weighted by molar-refractivity contribution is 7.98. The predicted molar refractivity (Wildman–Crippen MR) is 96.1 cm³/mol. The number of thioether (sulfide) groups is 1. The van der Waals surface area contributed by atoms with Gasteiger partial charge in [0.05, 0.1) is 12.2 Å². The molecular formula is C17H21N3OS. The van der Waals surface area contributed by atoms with Crippen molar-refractivity contribution in [3.05, 3.63) is 48.5 Å². The average molecular weight is 315 g/mol. The van der Waals surface area contributed by atoms with Crippen molar-refractivity contribution in [3.8, 4) is 0 Å². The van der Waals surface area contributed by atoms with Gasteiger partial charge >= 0.3 is 0 Å². The van der Waals surface area contributed by atoms with E-state index in [0.717, 1.165) is 22.0 Å². The summed E-state index contributed by atoms with van der Waals surface area (Å²) in [4.78, 5) is 15.1. The second-order valence-electron chi connectivity index (χ2n) is 5.04. The SMILES string of the molecule is CSc1ccccc1NC(=O)CNc1ccc(N(C)C)cc1. The predicted octanol–water partition coefficient (Wildman–Crippen LogP) is 3.53. The number of anilines is 3. The van der Waals surface area contributed by atoms with Gasteiger partial charge in [-0.2, -0.15) is 0 Å². The number of hydrogen-bond acceptors (Lipinski definition) is 4. The summed E-state index contributed by atoms with van der Waals surface area (Å²) in [6, 6.07) is 15.8. The first-order chi connectivity index (χ1) is 10.6. The first kappa shape index (κ1) is 16.2. The summed E-state index contributed by atoms with van der Waals surface area (Å²) in [5, 5.41) is 6.06. The fraction of sp³-hybridized carbons (Fsp3) is 0.235. The standard InChI is InChI=1S/C17H21N3OS/c1-20(2)14-10-8-13(9-11-14)18-12-17(21)19-15-6-4-5-7-16(15)22-3/h4-11,18H,12H2,1-3H3,(H,19,21). The molecule has 2 aromatic carbocycles. The summed E-state index contributed by atoms with van der Waals surface area (Å²) in [7, 11) is 4.00. The number of hydrogen-bond donors (Lipinski definition) is 2. The van der Waals surface area contributed by atoms with Crippen LogP contribution in [0.2, 0.25) is 0 Å². The van der Waals surface area contributed by atoms with Gasteiger partial charge < -0.3 is 15.5 Å². The Morgan fingerprint density at radius 2 is 1.77 bits per heavy atom. The molecule has 0 saturated carbocycles. The molecule has 0 aliphatic rings. The number of carbonyl (C=O) groups is 1. The minimum atomic E-state index is -0.0572. The fourth-order valence-corrected chi connectivity index (χ4v) is 2.56. The van der Waals surface area contributed by atoms with Crippen LogP contribution < -0.4 is 15.5 Å². The molecule has 0 saturated heterocycles. The number of amides is 1. The highest BCUT2D eigenvalue weighted by Gasteiger charge is 2.06. The topological polar surface area (TPSA) is 44.4 Å². The third-order valence-corrected chi connectivity index (χ3v) is 4.01. The van der Waals surface area contributed by atoms with Crippen molar-refractivity contribution in [3.63, 3.8) is 0 Å². The van der Waals surface area contributed by atoms with Crippen LogP contribution in [0.5, 0.6) is 0 Å². The lowest BCUT2D eigenvalue weighted by molar-refractivity contribution is -0.114. The van der Waals surface area contributed by atoms with Crippen LogP contribution in [0, 0.1) is 0 Å². The van der Waals surface area contributed by atoms with Crippen molar-refractivity contribution in [2.45, 2.75) is 4.90 Å². The Kier molecular flexibility index (Phi) is 5.72. The molecule has 2 aromatic rings. The zero-order chi connectivity index (χ0) is 15.9. The van der Waals surface area contributed by atoms with Crippen molar-refractivity contribution in [2.24, 2.45) is 0 Å². The quantitative estimate of drug-likeness (QED) is 0.801. The summed E-state index contributed by atoms with van der Waals surface area (Å²) < 4.78 is 0. The Morgan fingerprint density at radius 3 is 2.41 bits per heavy atom. The zero-order valence-corrected chi connectivity index (χ0v) is 13.9. The van der Waals surface area contributed by atoms with Gasteiger partial charge in [-0.1, -0.05) is 12.1 Å². The van der Waals surface area contributed by atoms with Crippen molar-refractivity contribution >= 4 is 34.7 Å². The number of nitrogens with one attached hydrogen (secondary N) is 2. The summed E-state index contributed by atoms with van der Waals surface area (Å²) in [6.45, 7) is 0.240. The number of para-hydroxylation sites is 1. The Hall–Kier alpha value is -2.14. The van der Waals surface area contributed by atoms with E-state index in [1.54, 1.807) is 11.8 Å². The van der Waals surface area contributed by atoms with E-state index in [1.165, 1.54) is 0 Å². The van der Waals surface area contributed by atoms with E-state index >= 15 is 0 Å². The molecule has 0 fully saturated rings. The van der Waals surface area contributed by atoms with E-state index in [9.17, 15) is 4.79 Å². The molecule has 0 atom stereocenters. The third kappa shape index (κ3) is 4.43. The summed E-state index contributed by atoms with van der Waals surface area (Å²) in [5.74, 6) is -0.0572. The van der Waals surface area contributed by atoms with Crippen LogP contribution in [0.1, 0.15) is 0 Å². The van der Waals surface area contributed by atoms with Crippen molar-refractivity contribution < 1.29 is 4.79 Å². The maximum Gasteiger partial charge on any atom is 0.243 e. The third-order valence-electron chi connectivity index (χ3n) is 3.22. The van der Waals surface area contributed by atoms with Gasteiger partial charge in [0, 0.05) is 30.4 Å². The molecule has 0 spiro atoms. The first-order valence-electron chi connectivity index (χ1n) is 7.04. The van der Waals surface area contributed by atoms with Gasteiger partial charge in [-0.15, -0.1) is 11.8 Å². The molecule has 2 N–H and O–H groups in total. The van der Waals surface area contributed by atoms with Crippen molar-refractivity contribution in [1.82, 2.24) is 0 Å². The molecular weight excluding hydrogens is 294 g/mol. The van der Waals surface area contributed by atoms with E-state index in [1.807, 2.05) is 73.8 Å². The number of nitrogens with zero attached hydrogens (tertiary/aromatic N) is 1. The number of rotatable bonds is 6. The molecule has 0 unspecified atom stereocenters. The van der Waals surface area contributed by atoms with Gasteiger partial charge in [-0.25, -0.2) is 0 Å². The lowest BCUT2D eigenvalue weighted by atomic mass is 10.2. The first-order valence-corrected chi connectivity index (χ1v) is 8.27. The monoisotopic (exact) mass is 315 g/mol. The van der Waals surface area contributed by atoms with Gasteiger partial charge in [-0.05, 0) is 42.7 Å². The average Bonchev–Trinajstić information content (AvgIpc) is 2.54. The van der Waals surface area contributed by atoms with Gasteiger partial charge in [-0.3, -0.25) is 4.79 Å². The molecule has 22 heavy (non-hydrogen) atoms. The van der Waals surface area contributed by atoms with E-state index < -0.39 is 0 Å². The van der Waals surface area contributed by atoms with Gasteiger partial charge in [0.1, 0.15) is 0 Å². The maximum absolute atomic E-state index is 12.0. The normalized spacial score (nSPS) is 10.1. The minimum absolute atomic E-state index is 0.0572. The minimum Gasteiger partial charge on any atom is -0.378 e. The maximum atomic E-state index is 12.0. The molecule has 0 aliphatic heterocycles. The molecule has 0 aromatic heterocycles. The van der Waals surface area contributed by atoms with Crippen LogP contribution in [0.25, 0.3) is 0 Å². The summed E-state index contributed by atoms with van der Waals surface area (Å²) in [5.41, 5.74) is 2.91. The van der Waals surface area contributed by atoms with E-state index in [2.05, 4.69) is 10.6 Å². The van der Waals surface area contributed by atoms with Crippen molar-refractivity contribution in [1.29, 1.82) is 0 Å². The Morgan fingerprint density at radius 1 is 1.09 bits per heavy atom. The smallest absolute Gasteiger partial charge is 0.243 e. The fourth-order valence-electron chi connectivity index (χ4n) is 2.00. The molecule has 1 amide bonds. The Balaban J connectivity index is 1.90. The summed E-state index contributed by atoms with van der Waals surface area (Å²) >= 11 is 1.62. The summed E-state index contributed by atoms with van der Waals surface area (Å²) in [6.07, 6.45) is 2.00. The molecule has 4 nitrogen and oxygen atoms in total. The van der Waals surface area contributed by atoms with Crippen molar-refractivity contribution in [2.75, 3.05) is 42.4 Å². The van der Waals surface area contributed by atoms with Gasteiger partial charge in [0.25, 0.3) is 0 Å². The molecule has 2 rings (SSSR count). The second kappa shape index (κ2) is 7.75. The molecule has 0 radical (unpaired) electrons. The molecule has 0 aliphatic carbocycles. The Labute approximate surface area is 135 Å². The molecule has 0 heterocycles. The molecule has 5 heteroatoms. The van der Waals surface area contributed by atoms with E-state index in [0.29, 0.717) is 0 Å². The van der Waals surface area contributed by atoms with Crippen LogP contribution in [-0.2, 0) is 4.79 Å². The highest BCUT2D eigenvalue weighted by atomic mass is 32.2. The lowest BCUT2D eigenvalue weighted by Gasteiger charge is -2.13. The zero-order valence-electron chi connectivity index (χ0n) is 13.1. The van der Waals surface area contributed by atoms with E-state index in [-0.39, 0.29) is 12.5 Å². The van der Waals surface area contributed by atoms with Crippen LogP contribution in [0.15, 0.2) is 53.4 Å². The van der Waals surface area contributed by atoms with E-state index in [4.69, 9.17) is 0 Å². The lowest BCUT2D eigenvalue weighted by Crippen LogP contribution is -2.22. The molecule has 0 bridgehead atoms. The van der Waals surface area contributed by atoms with Crippen LogP contribution in [0.3, 0.4) is 0 Å². The van der Waals surface area contributed by atoms with Gasteiger partial charge in [0.15, 0.2) is 0 Å². The van der Waals surface area contributed by atoms with Gasteiger partial charge in [0.2, 0.25) is 5.91 Å². The second-order valence-corrected chi connectivity index (χ2v) is 5.89. The van der Waals surface area contributed by atoms with Crippen LogP contribution in [0.4, 0.5) is 17.1 Å². The number of benzene rings is 2. The number of carbonyl (C=O) groups excluding carboxylic acids is 1. The largest absolute Gasteiger partial charge is 0.378 e. The molecule has 116 valence electrons. The highest BCUT2D eigenvalue weighted by Crippen LogP contribution is 2.24. The van der Waals surface area contributed by atoms with Crippen LogP contribution >= 0.6 is 11.8 Å². The Bertz CT molecular complexity index is 626. The van der Waals surface area contributed by atoms with Crippen LogP contribution in [-0.4, -0.2) is 32.8 Å².